The molecule has 5 heterocycles. The molecular weight excluding hydrogens is 1020 g/mol. The van der Waals surface area contributed by atoms with Crippen molar-refractivity contribution in [1.29, 1.82) is 0 Å². The number of amides is 5. The van der Waals surface area contributed by atoms with Crippen LogP contribution in [0.2, 0.25) is 0 Å². The average Bonchev–Trinajstić information content (AvgIpc) is 3.96. The lowest BCUT2D eigenvalue weighted by Gasteiger charge is -2.43. The zero-order chi connectivity index (χ0) is 48.6. The van der Waals surface area contributed by atoms with Gasteiger partial charge in [0, 0.05) is 24.9 Å². The molecule has 0 spiro atoms. The van der Waals surface area contributed by atoms with Crippen LogP contribution in [0.1, 0.15) is 31.2 Å². The molecule has 5 aliphatic heterocycles. The Hall–Kier alpha value is -4.15. The number of carbonyl (C=O) groups excluding carboxylic acids is 5. The van der Waals surface area contributed by atoms with E-state index in [0.29, 0.717) is 50.0 Å². The first-order valence-electron chi connectivity index (χ1n) is 21.8. The van der Waals surface area contributed by atoms with Crippen LogP contribution in [0.5, 0.6) is 5.75 Å². The van der Waals surface area contributed by atoms with Crippen LogP contribution in [0.25, 0.3) is 0 Å². The second-order valence-corrected chi connectivity index (χ2v) is 18.6. The zero-order valence-electron chi connectivity index (χ0n) is 36.6. The number of carboxylic acid groups (broad SMARTS) is 2. The summed E-state index contributed by atoms with van der Waals surface area (Å²) in [5.41, 5.74) is 0.823. The SMILES string of the molecule is C[N+]1(Cc2ccc(O[C@@H]3O[C@H](C(=O)O)[C@@H](O)[C@H](O)[C@H]3O)c(NC(=O)CCNC(=O)CCOCCOCCOCCN3C(=O)C(Br)=C(Br)C3=O)c2)CCN(C(=O)C2C3CCC(O3)C2C(=O)O)CC1. The highest BCUT2D eigenvalue weighted by Crippen LogP contribution is 2.44. The summed E-state index contributed by atoms with van der Waals surface area (Å²) in [7, 11) is 2.00. The van der Waals surface area contributed by atoms with Crippen molar-refractivity contribution in [3.05, 3.63) is 32.7 Å². The molecule has 4 saturated heterocycles. The molecule has 6 rings (SSSR count). The van der Waals surface area contributed by atoms with Crippen molar-refractivity contribution in [3.63, 3.8) is 0 Å². The highest BCUT2D eigenvalue weighted by Gasteiger charge is 2.57. The van der Waals surface area contributed by atoms with Crippen LogP contribution >= 0.6 is 31.9 Å². The number of anilines is 1. The maximum absolute atomic E-state index is 13.6. The van der Waals surface area contributed by atoms with Crippen LogP contribution in [0.3, 0.4) is 0 Å². The predicted octanol–water partition coefficient (Wildman–Crippen LogP) is -1.12. The summed E-state index contributed by atoms with van der Waals surface area (Å²) in [6.45, 7) is 3.40. The molecule has 0 saturated carbocycles. The zero-order valence-corrected chi connectivity index (χ0v) is 39.8. The number of ether oxygens (including phenoxy) is 6. The van der Waals surface area contributed by atoms with Crippen LogP contribution in [-0.2, 0) is 63.8 Å². The molecule has 23 nitrogen and oxygen atoms in total. The number of aliphatic carboxylic acids is 2. The lowest BCUT2D eigenvalue weighted by atomic mass is 9.78. The van der Waals surface area contributed by atoms with Crippen LogP contribution in [0, 0.1) is 11.8 Å². The number of nitrogens with one attached hydrogen (secondary N) is 2. The highest BCUT2D eigenvalue weighted by atomic mass is 79.9. The molecular formula is C42H56Br2N5O18+. The Balaban J connectivity index is 0.950. The number of aliphatic hydroxyl groups is 3. The second kappa shape index (κ2) is 23.4. The molecule has 5 amide bonds. The largest absolute Gasteiger partial charge is 0.481 e. The number of hydrogen-bond acceptors (Lipinski definition) is 16. The summed E-state index contributed by atoms with van der Waals surface area (Å²) >= 11 is 6.13. The van der Waals surface area contributed by atoms with Crippen molar-refractivity contribution < 1.29 is 92.0 Å². The summed E-state index contributed by atoms with van der Waals surface area (Å²) in [5, 5.41) is 55.9. The number of halogens is 2. The maximum atomic E-state index is 13.6. The molecule has 370 valence electrons. The number of piperazine rings is 1. The number of likely N-dealkylation sites (N-methyl/N-ethyl adjacent to an activating group) is 1. The van der Waals surface area contributed by atoms with Gasteiger partial charge in [-0.2, -0.15) is 0 Å². The summed E-state index contributed by atoms with van der Waals surface area (Å²) in [6.07, 6.45) is -9.21. The Morgan fingerprint density at radius 1 is 0.776 bits per heavy atom. The topological polar surface area (TPSA) is 307 Å². The second-order valence-electron chi connectivity index (χ2n) is 17.0. The first-order chi connectivity index (χ1) is 31.9. The van der Waals surface area contributed by atoms with Gasteiger partial charge >= 0.3 is 11.9 Å². The Labute approximate surface area is 401 Å². The molecule has 2 bridgehead atoms. The van der Waals surface area contributed by atoms with Crippen molar-refractivity contribution >= 4 is 79.0 Å². The monoisotopic (exact) mass is 1080 g/mol. The number of imide groups is 1. The molecule has 9 atom stereocenters. The van der Waals surface area contributed by atoms with E-state index in [4.69, 9.17) is 28.4 Å². The minimum Gasteiger partial charge on any atom is -0.481 e. The minimum atomic E-state index is -1.95. The third kappa shape index (κ3) is 12.9. The van der Waals surface area contributed by atoms with Gasteiger partial charge in [-0.05, 0) is 62.9 Å². The van der Waals surface area contributed by atoms with E-state index in [9.17, 15) is 59.1 Å². The molecule has 67 heavy (non-hydrogen) atoms. The van der Waals surface area contributed by atoms with E-state index in [0.717, 1.165) is 10.5 Å². The summed E-state index contributed by atoms with van der Waals surface area (Å²) in [6, 6.07) is 4.79. The van der Waals surface area contributed by atoms with Gasteiger partial charge in [-0.3, -0.25) is 33.7 Å². The standard InChI is InChI=1S/C42H55Br2N5O18/c1-49(12-9-47(10-13-49)37(55)29-25-4-5-26(65-25)30(29)40(58)59)21-22-2-3-24(66-42-35(54)33(52)34(53)36(67-42)41(60)61)23(20-22)46-28(51)6-8-45-27(50)7-14-62-16-18-64-19-17-63-15-11-48-38(56)31(43)32(44)39(48)57/h2-3,20,25-26,29-30,33-36,42,52-54H,4-19,21H2,1H3,(H3-,45,46,50,51,58,59,60,61)/p+1/t25?,26?,29?,30?,33-,34-,35+,36-,42+/m0/s1. The third-order valence-electron chi connectivity index (χ3n) is 12.3. The normalized spacial score (nSPS) is 27.9. The van der Waals surface area contributed by atoms with Crippen molar-refractivity contribution in [2.45, 2.75) is 75.1 Å². The Kier molecular flexibility index (Phi) is 18.3. The van der Waals surface area contributed by atoms with E-state index in [1.807, 2.05) is 7.05 Å². The van der Waals surface area contributed by atoms with Gasteiger partial charge in [0.1, 0.15) is 39.6 Å². The molecule has 4 unspecified atom stereocenters. The predicted molar refractivity (Wildman–Crippen MR) is 235 cm³/mol. The molecule has 1 aromatic carbocycles. The minimum absolute atomic E-state index is 0.00314. The highest BCUT2D eigenvalue weighted by molar-refractivity contribution is 9.14. The van der Waals surface area contributed by atoms with Crippen molar-refractivity contribution in [1.82, 2.24) is 15.1 Å². The lowest BCUT2D eigenvalue weighted by Crippen LogP contribution is -2.61. The number of nitrogens with zero attached hydrogens (tertiary/aromatic N) is 3. The van der Waals surface area contributed by atoms with Crippen molar-refractivity contribution in [2.24, 2.45) is 11.8 Å². The van der Waals surface area contributed by atoms with Gasteiger partial charge in [0.15, 0.2) is 6.10 Å². The molecule has 0 aliphatic carbocycles. The molecule has 0 aromatic heterocycles. The number of aliphatic hydroxyl groups excluding tert-OH is 3. The average molecular weight is 1080 g/mol. The van der Waals surface area contributed by atoms with Crippen LogP contribution < -0.4 is 15.4 Å². The van der Waals surface area contributed by atoms with Gasteiger partial charge in [-0.1, -0.05) is 0 Å². The lowest BCUT2D eigenvalue weighted by molar-refractivity contribution is -0.926. The van der Waals surface area contributed by atoms with Gasteiger partial charge in [0.25, 0.3) is 11.8 Å². The van der Waals surface area contributed by atoms with Crippen molar-refractivity contribution in [2.75, 3.05) is 91.3 Å². The Bertz CT molecular complexity index is 2030. The summed E-state index contributed by atoms with van der Waals surface area (Å²) < 4.78 is 34.1. The van der Waals surface area contributed by atoms with Gasteiger partial charge in [0.2, 0.25) is 24.0 Å². The van der Waals surface area contributed by atoms with Gasteiger partial charge < -0.3 is 74.0 Å². The number of rotatable bonds is 23. The van der Waals surface area contributed by atoms with Crippen LogP contribution in [-0.4, -0.2) is 210 Å². The molecule has 7 N–H and O–H groups in total. The van der Waals surface area contributed by atoms with E-state index in [-0.39, 0.29) is 97.8 Å². The quantitative estimate of drug-likeness (QED) is 0.0388. The van der Waals surface area contributed by atoms with Gasteiger partial charge in [-0.15, -0.1) is 0 Å². The molecule has 4 fully saturated rings. The number of quaternary nitrogens is 1. The van der Waals surface area contributed by atoms with Crippen LogP contribution in [0.4, 0.5) is 5.69 Å². The van der Waals surface area contributed by atoms with Crippen LogP contribution in [0.15, 0.2) is 27.2 Å². The number of fused-ring (bicyclic) bond motifs is 2. The summed E-state index contributed by atoms with van der Waals surface area (Å²) in [5.74, 6) is -6.31. The van der Waals surface area contributed by atoms with Gasteiger partial charge in [-0.25, -0.2) is 4.79 Å². The maximum Gasteiger partial charge on any atom is 0.335 e. The Morgan fingerprint density at radius 3 is 2.01 bits per heavy atom. The number of benzene rings is 1. The van der Waals surface area contributed by atoms with E-state index in [2.05, 4.69) is 42.5 Å². The number of carboxylic acids is 2. The smallest absolute Gasteiger partial charge is 0.335 e. The van der Waals surface area contributed by atoms with Gasteiger partial charge in [0.05, 0.1) is 109 Å². The molecule has 1 aromatic rings. The molecule has 0 radical (unpaired) electrons. The van der Waals surface area contributed by atoms with E-state index >= 15 is 0 Å². The van der Waals surface area contributed by atoms with E-state index < -0.39 is 84.4 Å². The first-order valence-corrected chi connectivity index (χ1v) is 23.4. The van der Waals surface area contributed by atoms with Crippen molar-refractivity contribution in [3.8, 4) is 5.75 Å². The molecule has 25 heteroatoms. The first kappa shape index (κ1) is 52.2. The van der Waals surface area contributed by atoms with E-state index in [1.165, 1.54) is 6.07 Å². The fourth-order valence-corrected chi connectivity index (χ4v) is 9.40. The number of hydrogen-bond donors (Lipinski definition) is 7. The summed E-state index contributed by atoms with van der Waals surface area (Å²) in [4.78, 5) is 89.9. The Morgan fingerprint density at radius 2 is 1.39 bits per heavy atom. The molecule has 5 aliphatic rings. The number of carbonyl (C=O) groups is 7. The fourth-order valence-electron chi connectivity index (χ4n) is 8.63. The third-order valence-corrected chi connectivity index (χ3v) is 14.3. The van der Waals surface area contributed by atoms with E-state index in [1.54, 1.807) is 17.0 Å². The fraction of sp³-hybridized carbons (Fsp3) is 0.643.